The fraction of sp³-hybridized carbons (Fsp3) is 0.0769. The van der Waals surface area contributed by atoms with Gasteiger partial charge in [-0.15, -0.1) is 11.3 Å². The van der Waals surface area contributed by atoms with Gasteiger partial charge in [-0.3, -0.25) is 0 Å². The topological polar surface area (TPSA) is 13.1 Å². The second-order valence-corrected chi connectivity index (χ2v) is 15.6. The second kappa shape index (κ2) is 12.7. The normalized spacial score (nSPS) is 13.5. The molecule has 0 saturated carbocycles. The van der Waals surface area contributed by atoms with Crippen molar-refractivity contribution in [3.05, 3.63) is 173 Å². The van der Waals surface area contributed by atoms with Gasteiger partial charge in [-0.25, -0.2) is 0 Å². The van der Waals surface area contributed by atoms with Gasteiger partial charge in [0.2, 0.25) is 0 Å². The van der Waals surface area contributed by atoms with E-state index in [0.717, 1.165) is 36.8 Å². The molecule has 2 aromatic heterocycles. The Kier molecular flexibility index (Phi) is 7.38. The summed E-state index contributed by atoms with van der Waals surface area (Å²) < 4.78 is 8.13. The van der Waals surface area contributed by atoms with Crippen molar-refractivity contribution in [2.75, 3.05) is 0 Å². The van der Waals surface area contributed by atoms with Gasteiger partial charge in [0.05, 0.1) is 0 Å². The van der Waals surface area contributed by atoms with E-state index >= 15 is 0 Å². The van der Waals surface area contributed by atoms with E-state index in [4.69, 9.17) is 4.42 Å². The van der Waals surface area contributed by atoms with E-state index < -0.39 is 0 Å². The average Bonchev–Trinajstić information content (AvgIpc) is 3.81. The Labute approximate surface area is 317 Å². The van der Waals surface area contributed by atoms with E-state index in [1.807, 2.05) is 11.3 Å². The number of allylic oxidation sites excluding steroid dienone is 1. The summed E-state index contributed by atoms with van der Waals surface area (Å²) in [5, 5.41) is 11.4. The summed E-state index contributed by atoms with van der Waals surface area (Å²) in [7, 11) is 0. The molecular formula is C52H36OS. The molecule has 7 aromatic carbocycles. The van der Waals surface area contributed by atoms with Crippen LogP contribution in [0.3, 0.4) is 0 Å². The zero-order valence-electron chi connectivity index (χ0n) is 29.8. The maximum Gasteiger partial charge on any atom is 0.145 e. The first-order valence-corrected chi connectivity index (χ1v) is 19.9. The van der Waals surface area contributed by atoms with Crippen molar-refractivity contribution >= 4 is 83.1 Å². The first kappa shape index (κ1) is 31.3. The molecule has 0 amide bonds. The molecule has 9 aromatic rings. The molecule has 0 aliphatic heterocycles. The number of rotatable bonds is 3. The van der Waals surface area contributed by atoms with Crippen LogP contribution >= 0.6 is 11.3 Å². The summed E-state index contributed by atoms with van der Waals surface area (Å²) in [5.41, 5.74) is 10.8. The van der Waals surface area contributed by atoms with E-state index in [0.29, 0.717) is 0 Å². The summed E-state index contributed by atoms with van der Waals surface area (Å²) in [6.45, 7) is 0. The molecule has 2 aliphatic carbocycles. The van der Waals surface area contributed by atoms with E-state index in [1.165, 1.54) is 96.7 Å². The summed E-state index contributed by atoms with van der Waals surface area (Å²) >= 11 is 1.91. The first-order chi connectivity index (χ1) is 26.8. The van der Waals surface area contributed by atoms with Crippen LogP contribution in [0.15, 0.2) is 156 Å². The van der Waals surface area contributed by atoms with Gasteiger partial charge in [0.25, 0.3) is 0 Å². The Morgan fingerprint density at radius 2 is 1.15 bits per heavy atom. The third kappa shape index (κ3) is 5.05. The second-order valence-electron chi connectivity index (χ2n) is 14.5. The number of benzene rings is 6. The highest BCUT2D eigenvalue weighted by atomic mass is 32.1. The predicted molar refractivity (Wildman–Crippen MR) is 233 cm³/mol. The third-order valence-corrected chi connectivity index (χ3v) is 12.6. The van der Waals surface area contributed by atoms with Crippen molar-refractivity contribution in [3.8, 4) is 33.4 Å². The van der Waals surface area contributed by atoms with Crippen LogP contribution in [-0.4, -0.2) is 0 Å². The summed E-state index contributed by atoms with van der Waals surface area (Å²) in [5.74, 6) is 0. The molecule has 0 bridgehead atoms. The minimum atomic E-state index is 0.945. The molecule has 2 heterocycles. The zero-order valence-corrected chi connectivity index (χ0v) is 30.6. The van der Waals surface area contributed by atoms with Gasteiger partial charge in [-0.05, 0) is 115 Å². The van der Waals surface area contributed by atoms with E-state index in [1.54, 1.807) is 0 Å². The summed E-state index contributed by atoms with van der Waals surface area (Å²) in [6.07, 6.45) is 13.7. The van der Waals surface area contributed by atoms with E-state index in [2.05, 4.69) is 170 Å². The minimum absolute atomic E-state index is 0.945. The first-order valence-electron chi connectivity index (χ1n) is 19.0. The van der Waals surface area contributed by atoms with Crippen molar-refractivity contribution < 1.29 is 4.42 Å². The quantitative estimate of drug-likeness (QED) is 0.178. The Balaban J connectivity index is 1.06. The van der Waals surface area contributed by atoms with Crippen LogP contribution in [0.2, 0.25) is 0 Å². The van der Waals surface area contributed by atoms with Gasteiger partial charge in [0.15, 0.2) is 0 Å². The minimum Gasteiger partial charge on any atom is -0.455 e. The maximum absolute atomic E-state index is 6.79. The Morgan fingerprint density at radius 1 is 0.481 bits per heavy atom. The largest absolute Gasteiger partial charge is 0.455 e. The van der Waals surface area contributed by atoms with E-state index in [9.17, 15) is 0 Å². The van der Waals surface area contributed by atoms with Crippen LogP contribution < -0.4 is 10.4 Å². The van der Waals surface area contributed by atoms with E-state index in [-0.39, 0.29) is 0 Å². The monoisotopic (exact) mass is 708 g/mol. The number of thiophene rings is 1. The highest BCUT2D eigenvalue weighted by molar-refractivity contribution is 7.21. The van der Waals surface area contributed by atoms with Crippen LogP contribution in [-0.2, 0) is 6.42 Å². The average molecular weight is 709 g/mol. The van der Waals surface area contributed by atoms with Crippen molar-refractivity contribution in [2.45, 2.75) is 25.7 Å². The van der Waals surface area contributed by atoms with Crippen LogP contribution in [0, 0.1) is 0 Å². The van der Waals surface area contributed by atoms with Gasteiger partial charge in [-0.2, -0.15) is 0 Å². The molecule has 2 heteroatoms. The van der Waals surface area contributed by atoms with Crippen molar-refractivity contribution in [2.24, 2.45) is 0 Å². The summed E-state index contributed by atoms with van der Waals surface area (Å²) in [6, 6.07) is 53.4. The SMILES string of the molecule is C1=Cc2sc3c4ccccc4c4c5cc(-c6ccc(-c7ccccccc(-c8ccc9ccccc9c8)c8c7=CCCC=8)cc6)ccc5oc4c3c2CC1. The molecular weight excluding hydrogens is 673 g/mol. The van der Waals surface area contributed by atoms with Crippen molar-refractivity contribution in [3.63, 3.8) is 0 Å². The lowest BCUT2D eigenvalue weighted by Crippen LogP contribution is -2.29. The molecule has 256 valence electrons. The molecule has 0 radical (unpaired) electrons. The van der Waals surface area contributed by atoms with Gasteiger partial charge < -0.3 is 4.42 Å². The van der Waals surface area contributed by atoms with Gasteiger partial charge in [0.1, 0.15) is 11.2 Å². The molecule has 0 atom stereocenters. The molecule has 0 saturated heterocycles. The fourth-order valence-electron chi connectivity index (χ4n) is 8.83. The molecule has 11 rings (SSSR count). The lowest BCUT2D eigenvalue weighted by Gasteiger charge is -2.11. The van der Waals surface area contributed by atoms with Crippen molar-refractivity contribution in [1.82, 2.24) is 0 Å². The highest BCUT2D eigenvalue weighted by Gasteiger charge is 2.23. The van der Waals surface area contributed by atoms with Crippen LogP contribution in [0.5, 0.6) is 0 Å². The van der Waals surface area contributed by atoms with Crippen LogP contribution in [0.4, 0.5) is 0 Å². The number of hydrogen-bond donors (Lipinski definition) is 0. The zero-order chi connectivity index (χ0) is 35.6. The lowest BCUT2D eigenvalue weighted by atomic mass is 9.93. The highest BCUT2D eigenvalue weighted by Crippen LogP contribution is 2.48. The summed E-state index contributed by atoms with van der Waals surface area (Å²) in [4.78, 5) is 1.38. The van der Waals surface area contributed by atoms with Gasteiger partial charge in [-0.1, -0.05) is 146 Å². The predicted octanol–water partition coefficient (Wildman–Crippen LogP) is 13.5. The Bertz CT molecular complexity index is 3210. The molecule has 54 heavy (non-hydrogen) atoms. The lowest BCUT2D eigenvalue weighted by molar-refractivity contribution is 0.672. The number of hydrogen-bond acceptors (Lipinski definition) is 2. The standard InChI is InChI=1S/C52H36OS/c1-2-4-16-40(38-28-25-33-13-5-6-14-36(33)31-38)42-18-8-7-17-41(42)39(15-3-1)35-26-23-34(24-27-35)37-29-30-47-46(32-37)49-43-19-9-10-20-44(43)52-50(51(49)53-47)45-21-11-12-22-48(45)54-52/h1-6,9-10,12-20,22-32H,7-8,11,21H2. The van der Waals surface area contributed by atoms with Crippen molar-refractivity contribution in [1.29, 1.82) is 0 Å². The Hall–Kier alpha value is -6.22. The van der Waals surface area contributed by atoms with Gasteiger partial charge >= 0.3 is 0 Å². The number of fused-ring (bicyclic) bond motifs is 12. The smallest absolute Gasteiger partial charge is 0.145 e. The van der Waals surface area contributed by atoms with Crippen LogP contribution in [0.25, 0.3) is 105 Å². The molecule has 2 aliphatic rings. The molecule has 0 fully saturated rings. The number of furan rings is 1. The number of aryl methyl sites for hydroxylation is 1. The Morgan fingerprint density at radius 3 is 1.96 bits per heavy atom. The fourth-order valence-corrected chi connectivity index (χ4v) is 10.1. The molecule has 1 nitrogen and oxygen atoms in total. The molecule has 0 unspecified atom stereocenters. The van der Waals surface area contributed by atoms with Crippen LogP contribution in [0.1, 0.15) is 29.7 Å². The third-order valence-electron chi connectivity index (χ3n) is 11.4. The molecule has 0 spiro atoms. The van der Waals surface area contributed by atoms with Gasteiger partial charge in [0, 0.05) is 31.1 Å². The maximum atomic E-state index is 6.79. The molecule has 0 N–H and O–H groups in total.